The van der Waals surface area contributed by atoms with E-state index in [1.165, 1.54) is 18.3 Å². The van der Waals surface area contributed by atoms with Gasteiger partial charge < -0.3 is 59.4 Å². The maximum absolute atomic E-state index is 14.7. The summed E-state index contributed by atoms with van der Waals surface area (Å²) < 4.78 is 38.7. The number of fused-ring (bicyclic) bond motifs is 5. The molecule has 89 heavy (non-hydrogen) atoms. The summed E-state index contributed by atoms with van der Waals surface area (Å²) in [6.45, 7) is 17.0. The lowest BCUT2D eigenvalue weighted by Crippen LogP contribution is -2.61. The fourth-order valence-electron chi connectivity index (χ4n) is 13.3. The van der Waals surface area contributed by atoms with Crippen LogP contribution < -0.4 is 10.5 Å². The normalized spacial score (nSPS) is 32.9. The molecular weight excluding hydrogens is 1140 g/mol. The molecule has 486 valence electrons. The molecule has 3 aromatic heterocycles. The summed E-state index contributed by atoms with van der Waals surface area (Å²) in [5, 5.41) is 41.0. The van der Waals surface area contributed by atoms with Crippen molar-refractivity contribution in [2.75, 3.05) is 39.7 Å². The van der Waals surface area contributed by atoms with Crippen LogP contribution in [0.5, 0.6) is 5.75 Å². The number of aliphatic hydroxyl groups is 3. The number of cyclic esters (lactones) is 1. The number of H-pyrrole nitrogens is 1. The number of Topliss-reactive ketones (excluding diaryl/α,β-unsaturated/α-hetero) is 3. The Morgan fingerprint density at radius 1 is 0.876 bits per heavy atom. The molecule has 3 fully saturated rings. The van der Waals surface area contributed by atoms with Gasteiger partial charge in [0.2, 0.25) is 5.79 Å². The highest BCUT2D eigenvalue weighted by atomic mass is 16.6. The van der Waals surface area contributed by atoms with E-state index in [4.69, 9.17) is 39.3 Å². The molecule has 2 bridgehead atoms. The summed E-state index contributed by atoms with van der Waals surface area (Å²) in [4.78, 5) is 85.6. The average molecular weight is 1230 g/mol. The molecular formula is C68H95N7O14. The molecule has 21 heteroatoms. The molecule has 1 aromatic carbocycles. The van der Waals surface area contributed by atoms with Crippen molar-refractivity contribution in [3.05, 3.63) is 78.2 Å². The molecule has 6 heterocycles. The molecule has 1 saturated carbocycles. The number of carbonyl (C=O) groups is 5. The molecule has 0 radical (unpaired) electrons. The second-order valence-electron chi connectivity index (χ2n) is 25.9. The first-order valence-corrected chi connectivity index (χ1v) is 31.9. The smallest absolute Gasteiger partial charge is 0.329 e. The third kappa shape index (κ3) is 16.4. The molecule has 4 aliphatic rings. The Hall–Kier alpha value is -6.46. The number of anilines is 1. The van der Waals surface area contributed by atoms with E-state index in [0.29, 0.717) is 91.7 Å². The molecule has 4 aromatic rings. The Kier molecular flexibility index (Phi) is 23.5. The first-order chi connectivity index (χ1) is 42.4. The topological polar surface area (TPSA) is 290 Å². The number of nitrogens with zero attached hydrogens (tertiary/aromatic N) is 5. The fraction of sp³-hybridized carbons (Fsp3) is 0.618. The van der Waals surface area contributed by atoms with Gasteiger partial charge in [-0.15, -0.1) is 0 Å². The van der Waals surface area contributed by atoms with Crippen molar-refractivity contribution in [2.45, 2.75) is 200 Å². The number of ketones is 3. The van der Waals surface area contributed by atoms with E-state index in [2.05, 4.69) is 15.0 Å². The highest BCUT2D eigenvalue weighted by Crippen LogP contribution is 2.39. The molecule has 3 aliphatic heterocycles. The van der Waals surface area contributed by atoms with Gasteiger partial charge in [-0.25, -0.2) is 19.4 Å². The number of nitrogens with one attached hydrogen (secondary N) is 1. The van der Waals surface area contributed by atoms with Crippen molar-refractivity contribution in [1.82, 2.24) is 29.6 Å². The summed E-state index contributed by atoms with van der Waals surface area (Å²) in [6, 6.07) is 6.53. The lowest BCUT2D eigenvalue weighted by molar-refractivity contribution is -0.266. The van der Waals surface area contributed by atoms with Crippen LogP contribution in [0.1, 0.15) is 145 Å². The average Bonchev–Trinajstić information content (AvgIpc) is 1.89. The molecule has 1 unspecified atom stereocenters. The minimum atomic E-state index is -2.53. The van der Waals surface area contributed by atoms with Gasteiger partial charge in [-0.1, -0.05) is 71.1 Å². The van der Waals surface area contributed by atoms with E-state index in [-0.39, 0.29) is 80.5 Å². The molecule has 1 aliphatic carbocycles. The van der Waals surface area contributed by atoms with E-state index in [0.717, 1.165) is 22.2 Å². The Bertz CT molecular complexity index is 3260. The summed E-state index contributed by atoms with van der Waals surface area (Å²) in [6.07, 6.45) is 11.6. The van der Waals surface area contributed by atoms with Crippen molar-refractivity contribution in [2.24, 2.45) is 35.5 Å². The molecule has 0 spiro atoms. The van der Waals surface area contributed by atoms with E-state index in [9.17, 15) is 39.3 Å². The number of hydrogen-bond donors (Lipinski definition) is 5. The number of hydrogen-bond acceptors (Lipinski definition) is 18. The summed E-state index contributed by atoms with van der Waals surface area (Å²) in [5.74, 6) is -7.56. The van der Waals surface area contributed by atoms with Gasteiger partial charge in [0, 0.05) is 68.3 Å². The van der Waals surface area contributed by atoms with Crippen LogP contribution in [-0.2, 0) is 47.7 Å². The number of aromatic amines is 1. The second-order valence-corrected chi connectivity index (χ2v) is 25.9. The quantitative estimate of drug-likeness (QED) is 0.0382. The summed E-state index contributed by atoms with van der Waals surface area (Å²) in [7, 11) is 2.94. The number of methoxy groups -OCH3 is 2. The minimum Gasteiger partial charge on any atom is -0.491 e. The zero-order valence-corrected chi connectivity index (χ0v) is 53.8. The summed E-state index contributed by atoms with van der Waals surface area (Å²) in [5.41, 5.74) is 10.4. The van der Waals surface area contributed by atoms with Gasteiger partial charge in [-0.2, -0.15) is 5.10 Å². The number of aromatic nitrogens is 5. The van der Waals surface area contributed by atoms with E-state index < -0.39 is 83.9 Å². The molecule has 21 nitrogen and oxygen atoms in total. The lowest BCUT2D eigenvalue weighted by Gasteiger charge is -2.43. The Morgan fingerprint density at radius 3 is 2.39 bits per heavy atom. The number of nitrogens with two attached hydrogens (primary N) is 1. The van der Waals surface area contributed by atoms with Crippen LogP contribution in [0.2, 0.25) is 0 Å². The Labute approximate surface area is 522 Å². The van der Waals surface area contributed by atoms with Crippen molar-refractivity contribution < 1.29 is 67.7 Å². The van der Waals surface area contributed by atoms with E-state index >= 15 is 0 Å². The fourth-order valence-corrected chi connectivity index (χ4v) is 13.3. The minimum absolute atomic E-state index is 0.0297. The number of piperidine rings is 1. The molecule has 2 saturated heterocycles. The highest BCUT2D eigenvalue weighted by Gasteiger charge is 2.53. The standard InChI is InChI=1S/C68H95N7O14/c1-38(2)75-65-58(64(69)70-37-71-65)59(73-75)51-34-47-33-48(23-24-50(47)72-51)86-27-28-87-55-35-49-22-20-45(9)68(83,89-49)63(80)66(81)74-26-16-15-19-52(74)67(82)88-56(42(6)31-46-21-25-53(76)57(32-46)84-10)36-54(77)41(5)30-44(8)61(79)62(85-11)60(78)43(7)29-39(3)17-13-12-14-18-40(55)4/h12-14,17-18,23-24,30,33-34,37-39,41-43,45-46,49,52-53,55-57,61-62,72,76,79,83H,15-16,19-22,25-29,31-32,35-36H2,1-11H3,(H2,69,70,71)/b14-12+,17-13+,40-18-,44-30+/t39-,41-,42?,43-,45-,46-,49+,52+,53-,55+,56+,57-,61-,62+,68-/m1/s1. The van der Waals surface area contributed by atoms with Crippen molar-refractivity contribution in [1.29, 1.82) is 0 Å². The van der Waals surface area contributed by atoms with E-state index in [1.54, 1.807) is 34.0 Å². The van der Waals surface area contributed by atoms with Gasteiger partial charge in [0.1, 0.15) is 60.3 Å². The number of aliphatic hydroxyl groups excluding tert-OH is 2. The van der Waals surface area contributed by atoms with Gasteiger partial charge in [0.15, 0.2) is 11.4 Å². The molecule has 15 atom stereocenters. The Balaban J connectivity index is 1.04. The van der Waals surface area contributed by atoms with Crippen molar-refractivity contribution >= 4 is 57.0 Å². The second kappa shape index (κ2) is 30.6. The third-order valence-electron chi connectivity index (χ3n) is 18.7. The maximum atomic E-state index is 14.7. The third-order valence-corrected chi connectivity index (χ3v) is 18.7. The first kappa shape index (κ1) is 68.4. The predicted molar refractivity (Wildman–Crippen MR) is 337 cm³/mol. The monoisotopic (exact) mass is 1230 g/mol. The van der Waals surface area contributed by atoms with Gasteiger partial charge in [-0.3, -0.25) is 19.2 Å². The van der Waals surface area contributed by atoms with Gasteiger partial charge in [0.25, 0.3) is 11.7 Å². The van der Waals surface area contributed by atoms with Gasteiger partial charge in [0.05, 0.1) is 42.1 Å². The molecule has 6 N–H and O–H groups in total. The van der Waals surface area contributed by atoms with Crippen LogP contribution in [0.3, 0.4) is 0 Å². The largest absolute Gasteiger partial charge is 0.491 e. The number of carbonyl (C=O) groups excluding carboxylic acids is 5. The number of rotatable bonds is 12. The number of amides is 1. The molecule has 1 amide bonds. The Morgan fingerprint density at radius 2 is 1.65 bits per heavy atom. The van der Waals surface area contributed by atoms with Crippen LogP contribution in [-0.4, -0.2) is 163 Å². The first-order valence-electron chi connectivity index (χ1n) is 31.9. The number of allylic oxidation sites excluding steroid dienone is 6. The van der Waals surface area contributed by atoms with Gasteiger partial charge >= 0.3 is 5.97 Å². The number of ether oxygens (including phenoxy) is 6. The van der Waals surface area contributed by atoms with Crippen molar-refractivity contribution in [3.8, 4) is 17.1 Å². The zero-order valence-electron chi connectivity index (χ0n) is 53.8. The molecule has 8 rings (SSSR count). The van der Waals surface area contributed by atoms with Crippen LogP contribution in [0.4, 0.5) is 5.82 Å². The van der Waals surface area contributed by atoms with Crippen LogP contribution >= 0.6 is 0 Å². The van der Waals surface area contributed by atoms with Crippen molar-refractivity contribution in [3.63, 3.8) is 0 Å². The summed E-state index contributed by atoms with van der Waals surface area (Å²) >= 11 is 0. The SMILES string of the molecule is CO[C@@H]1C[C@@H](CC(C)[C@@H]2CC(=O)[C@H](C)/C=C(\C)[C@@H](O)[C@@H](OC)C(=O)[C@H](C)C[C@H](C)/C=C/C=C/C=C(/C)[C@@H](OCCOc3ccc4[nH]c(-c5nn(C(C)C)c6ncnc(N)c56)cc4c3)C[C@@H]3CC[C@@H](C)[C@@](O)(O3)C(=O)C(=O)N3CCCC[C@H]3C(=O)O2)CC[C@H]1O. The zero-order chi connectivity index (χ0) is 64.4. The number of benzene rings is 1. The van der Waals surface area contributed by atoms with Gasteiger partial charge in [-0.05, 0) is 145 Å². The maximum Gasteiger partial charge on any atom is 0.329 e. The number of nitrogen functional groups attached to an aromatic ring is 1. The highest BCUT2D eigenvalue weighted by molar-refractivity contribution is 6.39. The predicted octanol–water partition coefficient (Wildman–Crippen LogP) is 9.08. The number of esters is 1. The van der Waals surface area contributed by atoms with E-state index in [1.807, 2.05) is 101 Å². The van der Waals surface area contributed by atoms with Crippen LogP contribution in [0, 0.1) is 35.5 Å². The van der Waals surface area contributed by atoms with Crippen LogP contribution in [0.15, 0.2) is 78.2 Å². The van der Waals surface area contributed by atoms with Crippen LogP contribution in [0.25, 0.3) is 33.3 Å². The lowest BCUT2D eigenvalue weighted by atomic mass is 9.78.